The fraction of sp³-hybridized carbons (Fsp3) is 0.250. The molecule has 0 saturated carbocycles. The van der Waals surface area contributed by atoms with Crippen LogP contribution in [-0.4, -0.2) is 41.1 Å². The van der Waals surface area contributed by atoms with Gasteiger partial charge in [0.15, 0.2) is 0 Å². The molecule has 1 saturated heterocycles. The monoisotopic (exact) mass is 486 g/mol. The van der Waals surface area contributed by atoms with Gasteiger partial charge in [0.2, 0.25) is 5.91 Å². The Kier molecular flexibility index (Phi) is 7.94. The van der Waals surface area contributed by atoms with Crippen LogP contribution >= 0.6 is 23.4 Å². The van der Waals surface area contributed by atoms with E-state index in [9.17, 15) is 19.2 Å². The average Bonchev–Trinajstić information content (AvgIpc) is 3.03. The summed E-state index contributed by atoms with van der Waals surface area (Å²) in [6.45, 7) is 5.58. The van der Waals surface area contributed by atoms with Crippen molar-refractivity contribution in [3.05, 3.63) is 69.1 Å². The summed E-state index contributed by atoms with van der Waals surface area (Å²) in [5, 5.41) is 2.24. The lowest BCUT2D eigenvalue weighted by atomic mass is 10.0. The first-order valence-corrected chi connectivity index (χ1v) is 11.5. The van der Waals surface area contributed by atoms with Crippen molar-refractivity contribution in [3.63, 3.8) is 0 Å². The van der Waals surface area contributed by atoms with Crippen molar-refractivity contribution in [2.24, 2.45) is 0 Å². The topological polar surface area (TPSA) is 92.8 Å². The minimum Gasteiger partial charge on any atom is -0.462 e. The number of ether oxygens (including phenoxy) is 1. The van der Waals surface area contributed by atoms with Gasteiger partial charge in [-0.15, -0.1) is 0 Å². The number of nitrogens with one attached hydrogen (secondary N) is 1. The molecule has 1 aliphatic heterocycles. The van der Waals surface area contributed by atoms with Crippen molar-refractivity contribution in [1.82, 2.24) is 4.90 Å². The normalized spacial score (nSPS) is 14.8. The van der Waals surface area contributed by atoms with Gasteiger partial charge in [-0.05, 0) is 60.0 Å². The number of imide groups is 1. The molecule has 3 rings (SSSR count). The number of esters is 1. The standard InChI is InChI=1S/C24H23ClN2O5S/c1-4-32-23(30)18-12-17(9-10-19(18)25)26-21(28)13-27-22(29)20(33-24(27)31)11-15-5-7-16(8-6-15)14(2)3/h5-12,14H,4,13H2,1-3H3,(H,26,28)/b20-11+. The maximum Gasteiger partial charge on any atom is 0.339 e. The van der Waals surface area contributed by atoms with Crippen LogP contribution in [0.2, 0.25) is 5.02 Å². The van der Waals surface area contributed by atoms with Crippen LogP contribution in [-0.2, 0) is 14.3 Å². The smallest absolute Gasteiger partial charge is 0.339 e. The zero-order chi connectivity index (χ0) is 24.1. The Hall–Kier alpha value is -3.10. The highest BCUT2D eigenvalue weighted by atomic mass is 35.5. The van der Waals surface area contributed by atoms with Crippen molar-refractivity contribution >= 4 is 58.1 Å². The molecular weight excluding hydrogens is 464 g/mol. The van der Waals surface area contributed by atoms with E-state index in [0.29, 0.717) is 11.6 Å². The largest absolute Gasteiger partial charge is 0.462 e. The Morgan fingerprint density at radius 1 is 1.15 bits per heavy atom. The third-order valence-corrected chi connectivity index (χ3v) is 6.06. The molecule has 0 spiro atoms. The number of anilines is 1. The summed E-state index contributed by atoms with van der Waals surface area (Å²) in [5.41, 5.74) is 2.36. The number of halogens is 1. The lowest BCUT2D eigenvalue weighted by molar-refractivity contribution is -0.127. The summed E-state index contributed by atoms with van der Waals surface area (Å²) >= 11 is 6.81. The molecule has 0 radical (unpaired) electrons. The predicted molar refractivity (Wildman–Crippen MR) is 129 cm³/mol. The van der Waals surface area contributed by atoms with E-state index in [4.69, 9.17) is 16.3 Å². The second-order valence-electron chi connectivity index (χ2n) is 7.55. The molecule has 7 nitrogen and oxygen atoms in total. The zero-order valence-corrected chi connectivity index (χ0v) is 20.0. The molecule has 0 unspecified atom stereocenters. The third-order valence-electron chi connectivity index (χ3n) is 4.82. The number of rotatable bonds is 7. The molecule has 1 N–H and O–H groups in total. The van der Waals surface area contributed by atoms with Crippen molar-refractivity contribution in [3.8, 4) is 0 Å². The van der Waals surface area contributed by atoms with Gasteiger partial charge < -0.3 is 10.1 Å². The maximum atomic E-state index is 12.7. The first kappa shape index (κ1) is 24.5. The number of nitrogens with zero attached hydrogens (tertiary/aromatic N) is 1. The summed E-state index contributed by atoms with van der Waals surface area (Å²) in [6.07, 6.45) is 1.64. The molecule has 1 fully saturated rings. The summed E-state index contributed by atoms with van der Waals surface area (Å²) in [7, 11) is 0. The molecule has 0 aromatic heterocycles. The Balaban J connectivity index is 1.68. The summed E-state index contributed by atoms with van der Waals surface area (Å²) in [6, 6.07) is 12.1. The van der Waals surface area contributed by atoms with E-state index < -0.39 is 29.6 Å². The van der Waals surface area contributed by atoms with Gasteiger partial charge in [-0.2, -0.15) is 0 Å². The van der Waals surface area contributed by atoms with Crippen LogP contribution in [0.15, 0.2) is 47.4 Å². The molecule has 1 heterocycles. The summed E-state index contributed by atoms with van der Waals surface area (Å²) < 4.78 is 4.94. The fourth-order valence-corrected chi connectivity index (χ4v) is 4.11. The Morgan fingerprint density at radius 2 is 1.85 bits per heavy atom. The van der Waals surface area contributed by atoms with Gasteiger partial charge in [0, 0.05) is 5.69 Å². The number of carbonyl (C=O) groups excluding carboxylic acids is 4. The number of amides is 3. The molecule has 2 aromatic rings. The highest BCUT2D eigenvalue weighted by Gasteiger charge is 2.36. The van der Waals surface area contributed by atoms with Gasteiger partial charge in [-0.25, -0.2) is 4.79 Å². The van der Waals surface area contributed by atoms with E-state index in [1.165, 1.54) is 23.8 Å². The summed E-state index contributed by atoms with van der Waals surface area (Å²) in [4.78, 5) is 50.6. The highest BCUT2D eigenvalue weighted by Crippen LogP contribution is 2.32. The van der Waals surface area contributed by atoms with Crippen molar-refractivity contribution in [2.75, 3.05) is 18.5 Å². The van der Waals surface area contributed by atoms with E-state index in [1.807, 2.05) is 24.3 Å². The van der Waals surface area contributed by atoms with Gasteiger partial charge >= 0.3 is 5.97 Å². The van der Waals surface area contributed by atoms with Crippen LogP contribution in [0.4, 0.5) is 10.5 Å². The van der Waals surface area contributed by atoms with E-state index in [0.717, 1.165) is 22.2 Å². The molecule has 9 heteroatoms. The summed E-state index contributed by atoms with van der Waals surface area (Å²) in [5.74, 6) is -1.34. The Morgan fingerprint density at radius 3 is 2.48 bits per heavy atom. The van der Waals surface area contributed by atoms with Crippen LogP contribution in [0.5, 0.6) is 0 Å². The van der Waals surface area contributed by atoms with Gasteiger partial charge in [0.05, 0.1) is 22.1 Å². The maximum absolute atomic E-state index is 12.7. The van der Waals surface area contributed by atoms with Gasteiger partial charge in [-0.3, -0.25) is 19.3 Å². The number of benzene rings is 2. The molecule has 0 bridgehead atoms. The molecular formula is C24H23ClN2O5S. The van der Waals surface area contributed by atoms with Gasteiger partial charge in [0.25, 0.3) is 11.1 Å². The Bertz CT molecular complexity index is 1130. The molecule has 1 aliphatic rings. The number of hydrogen-bond acceptors (Lipinski definition) is 6. The number of carbonyl (C=O) groups is 4. The van der Waals surface area contributed by atoms with Crippen LogP contribution in [0, 0.1) is 0 Å². The fourth-order valence-electron chi connectivity index (χ4n) is 3.08. The van der Waals surface area contributed by atoms with Gasteiger partial charge in [-0.1, -0.05) is 49.7 Å². The van der Waals surface area contributed by atoms with Crippen LogP contribution in [0.3, 0.4) is 0 Å². The minimum absolute atomic E-state index is 0.105. The van der Waals surface area contributed by atoms with E-state index in [2.05, 4.69) is 19.2 Å². The van der Waals surface area contributed by atoms with Crippen molar-refractivity contribution < 1.29 is 23.9 Å². The Labute approximate surface area is 201 Å². The molecule has 2 aromatic carbocycles. The lowest BCUT2D eigenvalue weighted by Crippen LogP contribution is -2.36. The number of hydrogen-bond donors (Lipinski definition) is 1. The second-order valence-corrected chi connectivity index (χ2v) is 8.95. The molecule has 0 atom stereocenters. The second kappa shape index (κ2) is 10.7. The predicted octanol–water partition coefficient (Wildman–Crippen LogP) is 5.32. The molecule has 0 aliphatic carbocycles. The zero-order valence-electron chi connectivity index (χ0n) is 18.4. The first-order chi connectivity index (χ1) is 15.7. The van der Waals surface area contributed by atoms with Gasteiger partial charge in [0.1, 0.15) is 6.54 Å². The molecule has 33 heavy (non-hydrogen) atoms. The SMILES string of the molecule is CCOC(=O)c1cc(NC(=O)CN2C(=O)S/C(=C/c3ccc(C(C)C)cc3)C2=O)ccc1Cl. The minimum atomic E-state index is -0.615. The molecule has 3 amide bonds. The van der Waals surface area contributed by atoms with Crippen molar-refractivity contribution in [2.45, 2.75) is 26.7 Å². The quantitative estimate of drug-likeness (QED) is 0.421. The lowest BCUT2D eigenvalue weighted by Gasteiger charge is -2.13. The average molecular weight is 487 g/mol. The van der Waals surface area contributed by atoms with Crippen LogP contribution in [0.1, 0.15) is 48.2 Å². The first-order valence-electron chi connectivity index (χ1n) is 10.3. The van der Waals surface area contributed by atoms with Crippen LogP contribution < -0.4 is 5.32 Å². The third kappa shape index (κ3) is 6.03. The molecule has 172 valence electrons. The highest BCUT2D eigenvalue weighted by molar-refractivity contribution is 8.18. The number of thioether (sulfide) groups is 1. The van der Waals surface area contributed by atoms with E-state index in [-0.39, 0.29) is 22.1 Å². The van der Waals surface area contributed by atoms with Crippen LogP contribution in [0.25, 0.3) is 6.08 Å². The van der Waals surface area contributed by atoms with E-state index >= 15 is 0 Å². The van der Waals surface area contributed by atoms with E-state index in [1.54, 1.807) is 13.0 Å². The van der Waals surface area contributed by atoms with Crippen molar-refractivity contribution in [1.29, 1.82) is 0 Å².